The van der Waals surface area contributed by atoms with Crippen LogP contribution in [0.1, 0.15) is 17.3 Å². The Bertz CT molecular complexity index is 682. The number of amides is 2. The SMILES string of the molecule is CCNC(=O)CN(C)C(=O)c1cc2ccccc2cc1N. The summed E-state index contributed by atoms with van der Waals surface area (Å²) in [6, 6.07) is 11.2. The van der Waals surface area contributed by atoms with Gasteiger partial charge in [-0.2, -0.15) is 0 Å². The van der Waals surface area contributed by atoms with Crippen molar-refractivity contribution in [3.8, 4) is 0 Å². The van der Waals surface area contributed by atoms with Crippen molar-refractivity contribution in [2.24, 2.45) is 0 Å². The topological polar surface area (TPSA) is 75.4 Å². The van der Waals surface area contributed by atoms with E-state index >= 15 is 0 Å². The van der Waals surface area contributed by atoms with Gasteiger partial charge in [0.15, 0.2) is 0 Å². The average molecular weight is 285 g/mol. The highest BCUT2D eigenvalue weighted by Gasteiger charge is 2.17. The number of nitrogens with two attached hydrogens (primary N) is 1. The molecule has 3 N–H and O–H groups in total. The first-order chi connectivity index (χ1) is 10.0. The molecule has 5 heteroatoms. The van der Waals surface area contributed by atoms with Gasteiger partial charge in [-0.15, -0.1) is 0 Å². The second kappa shape index (κ2) is 6.26. The Hall–Kier alpha value is -2.56. The molecule has 0 spiro atoms. The number of rotatable bonds is 4. The van der Waals surface area contributed by atoms with E-state index in [0.717, 1.165) is 10.8 Å². The fourth-order valence-corrected chi connectivity index (χ4v) is 2.19. The molecular weight excluding hydrogens is 266 g/mol. The van der Waals surface area contributed by atoms with Gasteiger partial charge in [0, 0.05) is 19.3 Å². The number of nitrogens with zero attached hydrogens (tertiary/aromatic N) is 1. The lowest BCUT2D eigenvalue weighted by molar-refractivity contribution is -0.121. The van der Waals surface area contributed by atoms with Crippen LogP contribution in [0.4, 0.5) is 5.69 Å². The van der Waals surface area contributed by atoms with Crippen molar-refractivity contribution < 1.29 is 9.59 Å². The fourth-order valence-electron chi connectivity index (χ4n) is 2.19. The van der Waals surface area contributed by atoms with E-state index < -0.39 is 0 Å². The van der Waals surface area contributed by atoms with E-state index in [-0.39, 0.29) is 18.4 Å². The zero-order valence-electron chi connectivity index (χ0n) is 12.2. The summed E-state index contributed by atoms with van der Waals surface area (Å²) in [6.45, 7) is 2.39. The first kappa shape index (κ1) is 14.8. The smallest absolute Gasteiger partial charge is 0.256 e. The third-order valence-electron chi connectivity index (χ3n) is 3.25. The molecule has 0 saturated heterocycles. The third kappa shape index (κ3) is 3.31. The largest absolute Gasteiger partial charge is 0.398 e. The van der Waals surface area contributed by atoms with Gasteiger partial charge in [-0.25, -0.2) is 0 Å². The number of hydrogen-bond acceptors (Lipinski definition) is 3. The Balaban J connectivity index is 2.26. The highest BCUT2D eigenvalue weighted by molar-refractivity contribution is 6.04. The summed E-state index contributed by atoms with van der Waals surface area (Å²) < 4.78 is 0. The molecule has 0 heterocycles. The highest BCUT2D eigenvalue weighted by atomic mass is 16.2. The fraction of sp³-hybridized carbons (Fsp3) is 0.250. The first-order valence-electron chi connectivity index (χ1n) is 6.83. The lowest BCUT2D eigenvalue weighted by atomic mass is 10.0. The summed E-state index contributed by atoms with van der Waals surface area (Å²) in [5.74, 6) is -0.447. The molecule has 2 aromatic rings. The van der Waals surface area contributed by atoms with Crippen LogP contribution in [0.2, 0.25) is 0 Å². The molecule has 0 aliphatic heterocycles. The van der Waals surface area contributed by atoms with Crippen molar-refractivity contribution >= 4 is 28.3 Å². The maximum atomic E-state index is 12.4. The quantitative estimate of drug-likeness (QED) is 0.838. The summed E-state index contributed by atoms with van der Waals surface area (Å²) in [4.78, 5) is 25.3. The van der Waals surface area contributed by atoms with E-state index in [2.05, 4.69) is 5.32 Å². The summed E-state index contributed by atoms with van der Waals surface area (Å²) in [6.07, 6.45) is 0. The molecule has 0 aromatic heterocycles. The number of nitrogens with one attached hydrogen (secondary N) is 1. The molecule has 2 amide bonds. The first-order valence-corrected chi connectivity index (χ1v) is 6.83. The van der Waals surface area contributed by atoms with Crippen molar-refractivity contribution in [2.45, 2.75) is 6.92 Å². The Morgan fingerprint density at radius 3 is 2.43 bits per heavy atom. The van der Waals surface area contributed by atoms with E-state index in [1.807, 2.05) is 31.2 Å². The second-order valence-electron chi connectivity index (χ2n) is 4.90. The molecule has 0 fully saturated rings. The maximum Gasteiger partial charge on any atom is 0.256 e. The normalized spacial score (nSPS) is 10.4. The number of hydrogen-bond donors (Lipinski definition) is 2. The number of fused-ring (bicyclic) bond motifs is 1. The van der Waals surface area contributed by atoms with Crippen molar-refractivity contribution in [3.63, 3.8) is 0 Å². The van der Waals surface area contributed by atoms with Gasteiger partial charge >= 0.3 is 0 Å². The molecule has 0 radical (unpaired) electrons. The van der Waals surface area contributed by atoms with Crippen LogP contribution in [0, 0.1) is 0 Å². The zero-order valence-corrected chi connectivity index (χ0v) is 12.2. The Morgan fingerprint density at radius 1 is 1.19 bits per heavy atom. The van der Waals surface area contributed by atoms with Crippen LogP contribution in [0.15, 0.2) is 36.4 Å². The van der Waals surface area contributed by atoms with Crippen LogP contribution in [0.25, 0.3) is 10.8 Å². The summed E-state index contributed by atoms with van der Waals surface area (Å²) >= 11 is 0. The number of likely N-dealkylation sites (N-methyl/N-ethyl adjacent to an activating group) is 2. The van der Waals surface area contributed by atoms with Crippen molar-refractivity contribution in [1.29, 1.82) is 0 Å². The van der Waals surface area contributed by atoms with E-state index in [4.69, 9.17) is 5.73 Å². The Labute approximate surface area is 123 Å². The van der Waals surface area contributed by atoms with Crippen LogP contribution in [0.5, 0.6) is 0 Å². The molecule has 0 bridgehead atoms. The zero-order chi connectivity index (χ0) is 15.4. The van der Waals surface area contributed by atoms with E-state index in [9.17, 15) is 9.59 Å². The molecule has 0 atom stereocenters. The standard InChI is InChI=1S/C16H19N3O2/c1-3-18-15(20)10-19(2)16(21)13-8-11-6-4-5-7-12(11)9-14(13)17/h4-9H,3,10,17H2,1-2H3,(H,18,20). The van der Waals surface area contributed by atoms with Crippen LogP contribution in [-0.4, -0.2) is 36.9 Å². The van der Waals surface area contributed by atoms with Crippen molar-refractivity contribution in [3.05, 3.63) is 42.0 Å². The van der Waals surface area contributed by atoms with Gasteiger partial charge in [0.25, 0.3) is 5.91 Å². The van der Waals surface area contributed by atoms with E-state index in [1.165, 1.54) is 4.90 Å². The lowest BCUT2D eigenvalue weighted by Crippen LogP contribution is -2.38. The summed E-state index contributed by atoms with van der Waals surface area (Å²) in [7, 11) is 1.59. The minimum absolute atomic E-state index is 0.0128. The molecule has 110 valence electrons. The minimum atomic E-state index is -0.260. The summed E-state index contributed by atoms with van der Waals surface area (Å²) in [5, 5.41) is 4.59. The van der Waals surface area contributed by atoms with Gasteiger partial charge in [0.05, 0.1) is 12.1 Å². The van der Waals surface area contributed by atoms with Crippen LogP contribution in [0.3, 0.4) is 0 Å². The second-order valence-corrected chi connectivity index (χ2v) is 4.90. The van der Waals surface area contributed by atoms with Crippen LogP contribution < -0.4 is 11.1 Å². The van der Waals surface area contributed by atoms with Crippen LogP contribution in [-0.2, 0) is 4.79 Å². The molecule has 21 heavy (non-hydrogen) atoms. The number of anilines is 1. The average Bonchev–Trinajstić information content (AvgIpc) is 2.46. The van der Waals surface area contributed by atoms with Gasteiger partial charge in [-0.3, -0.25) is 9.59 Å². The Kier molecular flexibility index (Phi) is 4.42. The van der Waals surface area contributed by atoms with Gasteiger partial charge in [0.2, 0.25) is 5.91 Å². The molecule has 5 nitrogen and oxygen atoms in total. The van der Waals surface area contributed by atoms with Gasteiger partial charge in [0.1, 0.15) is 0 Å². The molecule has 0 aliphatic carbocycles. The predicted octanol–water partition coefficient (Wildman–Crippen LogP) is 1.63. The van der Waals surface area contributed by atoms with Gasteiger partial charge < -0.3 is 16.0 Å². The molecule has 2 rings (SSSR count). The third-order valence-corrected chi connectivity index (χ3v) is 3.25. The minimum Gasteiger partial charge on any atom is -0.398 e. The van der Waals surface area contributed by atoms with E-state index in [1.54, 1.807) is 19.2 Å². The maximum absolute atomic E-state index is 12.4. The predicted molar refractivity (Wildman–Crippen MR) is 84.0 cm³/mol. The Morgan fingerprint density at radius 2 is 1.81 bits per heavy atom. The van der Waals surface area contributed by atoms with Crippen molar-refractivity contribution in [1.82, 2.24) is 10.2 Å². The van der Waals surface area contributed by atoms with Gasteiger partial charge in [-0.05, 0) is 29.8 Å². The number of benzene rings is 2. The monoisotopic (exact) mass is 285 g/mol. The summed E-state index contributed by atoms with van der Waals surface area (Å²) in [5.41, 5.74) is 6.80. The molecular formula is C16H19N3O2. The van der Waals surface area contributed by atoms with Crippen molar-refractivity contribution in [2.75, 3.05) is 25.9 Å². The molecule has 0 saturated carbocycles. The number of carbonyl (C=O) groups is 2. The number of carbonyl (C=O) groups excluding carboxylic acids is 2. The van der Waals surface area contributed by atoms with E-state index in [0.29, 0.717) is 17.8 Å². The highest BCUT2D eigenvalue weighted by Crippen LogP contribution is 2.22. The lowest BCUT2D eigenvalue weighted by Gasteiger charge is -2.18. The van der Waals surface area contributed by atoms with Gasteiger partial charge in [-0.1, -0.05) is 24.3 Å². The van der Waals surface area contributed by atoms with Crippen LogP contribution >= 0.6 is 0 Å². The molecule has 0 aliphatic rings. The number of nitrogen functional groups attached to an aromatic ring is 1. The molecule has 2 aromatic carbocycles. The molecule has 0 unspecified atom stereocenters.